The van der Waals surface area contributed by atoms with E-state index >= 15 is 0 Å². The van der Waals surface area contributed by atoms with Crippen molar-refractivity contribution >= 4 is 5.69 Å². The average molecular weight is 261 g/mol. The molecule has 4 heteroatoms. The Morgan fingerprint density at radius 3 is 3.11 bits per heavy atom. The van der Waals surface area contributed by atoms with Gasteiger partial charge in [-0.05, 0) is 20.0 Å². The molecule has 0 radical (unpaired) electrons. The highest BCUT2D eigenvalue weighted by atomic mass is 16.5. The van der Waals surface area contributed by atoms with Crippen LogP contribution in [0.1, 0.15) is 12.5 Å². The van der Waals surface area contributed by atoms with Gasteiger partial charge in [0.1, 0.15) is 12.4 Å². The highest BCUT2D eigenvalue weighted by Gasteiger charge is 2.23. The summed E-state index contributed by atoms with van der Waals surface area (Å²) in [4.78, 5) is 4.95. The molecule has 2 aliphatic rings. The van der Waals surface area contributed by atoms with Crippen molar-refractivity contribution in [2.45, 2.75) is 19.5 Å². The van der Waals surface area contributed by atoms with Gasteiger partial charge in [0, 0.05) is 44.3 Å². The summed E-state index contributed by atoms with van der Waals surface area (Å²) in [6.07, 6.45) is 0. The Labute approximate surface area is 115 Å². The minimum Gasteiger partial charge on any atom is -0.489 e. The number of fused-ring (bicyclic) bond motifs is 1. The number of anilines is 1. The second-order valence-electron chi connectivity index (χ2n) is 5.65. The van der Waals surface area contributed by atoms with Crippen molar-refractivity contribution in [1.29, 1.82) is 0 Å². The van der Waals surface area contributed by atoms with Gasteiger partial charge >= 0.3 is 0 Å². The summed E-state index contributed by atoms with van der Waals surface area (Å²) in [6.45, 7) is 8.40. The van der Waals surface area contributed by atoms with Crippen molar-refractivity contribution < 1.29 is 4.74 Å². The Morgan fingerprint density at radius 1 is 1.37 bits per heavy atom. The van der Waals surface area contributed by atoms with E-state index in [1.165, 1.54) is 5.56 Å². The lowest BCUT2D eigenvalue weighted by atomic mass is 10.1. The molecule has 0 bridgehead atoms. The molecule has 2 heterocycles. The largest absolute Gasteiger partial charge is 0.489 e. The fourth-order valence-electron chi connectivity index (χ4n) is 2.99. The molecule has 0 spiro atoms. The van der Waals surface area contributed by atoms with Gasteiger partial charge in [-0.1, -0.05) is 12.1 Å². The van der Waals surface area contributed by atoms with E-state index in [2.05, 4.69) is 47.3 Å². The van der Waals surface area contributed by atoms with Crippen LogP contribution in [-0.2, 0) is 6.54 Å². The van der Waals surface area contributed by atoms with Crippen LogP contribution in [0.15, 0.2) is 18.2 Å². The van der Waals surface area contributed by atoms with E-state index < -0.39 is 0 Å². The Kier molecular flexibility index (Phi) is 3.62. The van der Waals surface area contributed by atoms with Gasteiger partial charge in [-0.3, -0.25) is 4.90 Å². The lowest BCUT2D eigenvalue weighted by Crippen LogP contribution is -2.49. The van der Waals surface area contributed by atoms with E-state index in [0.29, 0.717) is 6.04 Å². The molecule has 0 amide bonds. The average Bonchev–Trinajstić information content (AvgIpc) is 2.42. The molecule has 1 unspecified atom stereocenters. The quantitative estimate of drug-likeness (QED) is 0.875. The molecule has 104 valence electrons. The smallest absolute Gasteiger partial charge is 0.146 e. The normalized spacial score (nSPS) is 24.4. The lowest BCUT2D eigenvalue weighted by molar-refractivity contribution is 0.0928. The van der Waals surface area contributed by atoms with Gasteiger partial charge in [-0.2, -0.15) is 0 Å². The first-order valence-electron chi connectivity index (χ1n) is 7.15. The zero-order valence-electron chi connectivity index (χ0n) is 11.9. The molecular formula is C15H23N3O. The minimum absolute atomic E-state index is 0.603. The van der Waals surface area contributed by atoms with Crippen LogP contribution in [0.3, 0.4) is 0 Å². The van der Waals surface area contributed by atoms with E-state index in [-0.39, 0.29) is 0 Å². The van der Waals surface area contributed by atoms with Crippen LogP contribution in [0.4, 0.5) is 5.69 Å². The third kappa shape index (κ3) is 2.69. The first kappa shape index (κ1) is 12.8. The number of piperazine rings is 1. The summed E-state index contributed by atoms with van der Waals surface area (Å²) in [7, 11) is 2.20. The summed E-state index contributed by atoms with van der Waals surface area (Å²) in [5.74, 6) is 1.06. The molecule has 1 fully saturated rings. The minimum atomic E-state index is 0.603. The molecule has 2 aliphatic heterocycles. The summed E-state index contributed by atoms with van der Waals surface area (Å²) in [5.41, 5.74) is 2.45. The number of para-hydroxylation sites is 1. The van der Waals surface area contributed by atoms with Crippen LogP contribution in [0.25, 0.3) is 0 Å². The standard InChI is InChI=1S/C15H23N3O/c1-12-10-17(2)7-8-18(12)11-13-4-3-5-14-15(13)19-9-6-16-14/h3-5,12,16H,6-11H2,1-2H3. The van der Waals surface area contributed by atoms with Crippen molar-refractivity contribution in [3.05, 3.63) is 23.8 Å². The molecule has 4 nitrogen and oxygen atoms in total. The molecule has 1 atom stereocenters. The maximum atomic E-state index is 5.85. The molecule has 1 aromatic rings. The fourth-order valence-corrected chi connectivity index (χ4v) is 2.99. The number of nitrogens with zero attached hydrogens (tertiary/aromatic N) is 2. The van der Waals surface area contributed by atoms with E-state index in [0.717, 1.165) is 50.8 Å². The van der Waals surface area contributed by atoms with E-state index in [1.807, 2.05) is 0 Å². The lowest BCUT2D eigenvalue weighted by Gasteiger charge is -2.38. The number of rotatable bonds is 2. The van der Waals surface area contributed by atoms with Gasteiger partial charge in [-0.15, -0.1) is 0 Å². The maximum Gasteiger partial charge on any atom is 0.146 e. The van der Waals surface area contributed by atoms with Gasteiger partial charge in [0.15, 0.2) is 0 Å². The number of benzene rings is 1. The summed E-state index contributed by atoms with van der Waals surface area (Å²) in [6, 6.07) is 7.02. The van der Waals surface area contributed by atoms with Gasteiger partial charge in [0.25, 0.3) is 0 Å². The second-order valence-corrected chi connectivity index (χ2v) is 5.65. The Balaban J connectivity index is 1.76. The number of hydrogen-bond acceptors (Lipinski definition) is 4. The van der Waals surface area contributed by atoms with E-state index in [1.54, 1.807) is 0 Å². The van der Waals surface area contributed by atoms with E-state index in [9.17, 15) is 0 Å². The number of likely N-dealkylation sites (N-methyl/N-ethyl adjacent to an activating group) is 1. The van der Waals surface area contributed by atoms with Gasteiger partial charge in [-0.25, -0.2) is 0 Å². The molecule has 0 aromatic heterocycles. The van der Waals surface area contributed by atoms with Crippen molar-refractivity contribution in [3.8, 4) is 5.75 Å². The van der Waals surface area contributed by atoms with E-state index in [4.69, 9.17) is 4.74 Å². The third-order valence-corrected chi connectivity index (χ3v) is 4.10. The van der Waals surface area contributed by atoms with Crippen LogP contribution >= 0.6 is 0 Å². The van der Waals surface area contributed by atoms with Gasteiger partial charge < -0.3 is 15.0 Å². The molecule has 3 rings (SSSR count). The Bertz CT molecular complexity index is 449. The zero-order chi connectivity index (χ0) is 13.2. The number of hydrogen-bond donors (Lipinski definition) is 1. The van der Waals surface area contributed by atoms with Crippen molar-refractivity contribution in [3.63, 3.8) is 0 Å². The van der Waals surface area contributed by atoms with Crippen molar-refractivity contribution in [2.24, 2.45) is 0 Å². The predicted molar refractivity (Wildman–Crippen MR) is 77.8 cm³/mol. The van der Waals surface area contributed by atoms with Crippen LogP contribution in [0.2, 0.25) is 0 Å². The topological polar surface area (TPSA) is 27.7 Å². The third-order valence-electron chi connectivity index (χ3n) is 4.10. The first-order chi connectivity index (χ1) is 9.24. The molecule has 1 N–H and O–H groups in total. The van der Waals surface area contributed by atoms with Crippen molar-refractivity contribution in [2.75, 3.05) is 45.2 Å². The first-order valence-corrected chi connectivity index (χ1v) is 7.15. The molecule has 1 aromatic carbocycles. The molecule has 19 heavy (non-hydrogen) atoms. The maximum absolute atomic E-state index is 5.85. The highest BCUT2D eigenvalue weighted by Crippen LogP contribution is 2.32. The monoisotopic (exact) mass is 261 g/mol. The zero-order valence-corrected chi connectivity index (χ0v) is 11.9. The molecule has 1 saturated heterocycles. The Morgan fingerprint density at radius 2 is 2.26 bits per heavy atom. The Hall–Kier alpha value is -1.26. The summed E-state index contributed by atoms with van der Waals surface area (Å²) < 4.78 is 5.85. The van der Waals surface area contributed by atoms with Crippen LogP contribution < -0.4 is 10.1 Å². The van der Waals surface area contributed by atoms with Gasteiger partial charge in [0.2, 0.25) is 0 Å². The predicted octanol–water partition coefficient (Wildman–Crippen LogP) is 1.63. The summed E-state index contributed by atoms with van der Waals surface area (Å²) in [5, 5.41) is 3.41. The number of nitrogens with one attached hydrogen (secondary N) is 1. The van der Waals surface area contributed by atoms with Crippen LogP contribution in [0, 0.1) is 0 Å². The molecule has 0 saturated carbocycles. The van der Waals surface area contributed by atoms with Crippen molar-refractivity contribution in [1.82, 2.24) is 9.80 Å². The fraction of sp³-hybridized carbons (Fsp3) is 0.600. The van der Waals surface area contributed by atoms with Crippen LogP contribution in [-0.4, -0.2) is 55.7 Å². The SMILES string of the molecule is CC1CN(C)CCN1Cc1cccc2c1OCCN2. The van der Waals surface area contributed by atoms with Gasteiger partial charge in [0.05, 0.1) is 5.69 Å². The second kappa shape index (κ2) is 5.39. The number of ether oxygens (including phenoxy) is 1. The highest BCUT2D eigenvalue weighted by molar-refractivity contribution is 5.61. The summed E-state index contributed by atoms with van der Waals surface area (Å²) >= 11 is 0. The molecule has 0 aliphatic carbocycles. The molecular weight excluding hydrogens is 238 g/mol. The van der Waals surface area contributed by atoms with Crippen LogP contribution in [0.5, 0.6) is 5.75 Å².